The van der Waals surface area contributed by atoms with Gasteiger partial charge in [0.25, 0.3) is 0 Å². The molecular weight excluding hydrogens is 384 g/mol. The summed E-state index contributed by atoms with van der Waals surface area (Å²) in [7, 11) is 0. The second-order valence-corrected chi connectivity index (χ2v) is 8.01. The minimum Gasteiger partial charge on any atom is -0.368 e. The molecule has 0 aliphatic carbocycles. The third kappa shape index (κ3) is 4.85. The molecule has 4 heteroatoms. The van der Waals surface area contributed by atoms with Crippen LogP contribution >= 0.6 is 0 Å². The predicted octanol–water partition coefficient (Wildman–Crippen LogP) is 4.43. The zero-order chi connectivity index (χ0) is 22.3. The first-order chi connectivity index (χ1) is 15.0. The van der Waals surface area contributed by atoms with Gasteiger partial charge in [0, 0.05) is 6.42 Å². The van der Waals surface area contributed by atoms with Crippen molar-refractivity contribution >= 4 is 11.8 Å². The lowest BCUT2D eigenvalue weighted by Gasteiger charge is -2.36. The summed E-state index contributed by atoms with van der Waals surface area (Å²) in [5.41, 5.74) is 7.95. The van der Waals surface area contributed by atoms with E-state index in [1.165, 1.54) is 0 Å². The van der Waals surface area contributed by atoms with Crippen LogP contribution in [0.15, 0.2) is 91.0 Å². The highest BCUT2D eigenvalue weighted by molar-refractivity contribution is 5.88. The molecule has 0 fully saturated rings. The van der Waals surface area contributed by atoms with E-state index < -0.39 is 17.4 Å². The van der Waals surface area contributed by atoms with Crippen LogP contribution in [-0.2, 0) is 15.0 Å². The number of primary amides is 1. The quantitative estimate of drug-likeness (QED) is 0.509. The third-order valence-electron chi connectivity index (χ3n) is 6.06. The molecule has 2 amide bonds. The number of rotatable bonds is 9. The molecule has 3 N–H and O–H groups in total. The smallest absolute Gasteiger partial charge is 0.240 e. The SMILES string of the molecule is CC[C@@H](C)[C@H](NC(=O)CC(c1ccccc1)(c1ccccc1)c1ccccc1)C(N)=O. The van der Waals surface area contributed by atoms with Crippen LogP contribution in [0.1, 0.15) is 43.4 Å². The maximum Gasteiger partial charge on any atom is 0.240 e. The van der Waals surface area contributed by atoms with Crippen LogP contribution in [0, 0.1) is 5.92 Å². The molecule has 3 aromatic carbocycles. The van der Waals surface area contributed by atoms with Crippen LogP contribution in [0.25, 0.3) is 0 Å². The number of carbonyl (C=O) groups is 2. The fourth-order valence-corrected chi connectivity index (χ4v) is 4.17. The number of hydrogen-bond acceptors (Lipinski definition) is 2. The molecule has 3 aromatic rings. The fraction of sp³-hybridized carbons (Fsp3) is 0.259. The third-order valence-corrected chi connectivity index (χ3v) is 6.06. The Balaban J connectivity index is 2.12. The van der Waals surface area contributed by atoms with Gasteiger partial charge in [-0.1, -0.05) is 111 Å². The summed E-state index contributed by atoms with van der Waals surface area (Å²) in [6.07, 6.45) is 0.903. The van der Waals surface area contributed by atoms with E-state index in [-0.39, 0.29) is 18.2 Å². The molecule has 3 rings (SSSR count). The minimum absolute atomic E-state index is 0.0407. The Labute approximate surface area is 184 Å². The Morgan fingerprint density at radius 1 is 0.806 bits per heavy atom. The largest absolute Gasteiger partial charge is 0.368 e. The first kappa shape index (κ1) is 22.3. The van der Waals surface area contributed by atoms with Gasteiger partial charge in [0.1, 0.15) is 6.04 Å². The van der Waals surface area contributed by atoms with Crippen LogP contribution in [0.3, 0.4) is 0 Å². The van der Waals surface area contributed by atoms with Crippen molar-refractivity contribution in [1.82, 2.24) is 5.32 Å². The van der Waals surface area contributed by atoms with Crippen LogP contribution < -0.4 is 11.1 Å². The maximum absolute atomic E-state index is 13.4. The molecule has 0 heterocycles. The van der Waals surface area contributed by atoms with E-state index in [1.807, 2.05) is 105 Å². The van der Waals surface area contributed by atoms with Gasteiger partial charge in [0.05, 0.1) is 5.41 Å². The van der Waals surface area contributed by atoms with E-state index in [0.29, 0.717) is 0 Å². The summed E-state index contributed by atoms with van der Waals surface area (Å²) in [5, 5.41) is 2.92. The topological polar surface area (TPSA) is 72.2 Å². The Morgan fingerprint density at radius 3 is 1.52 bits per heavy atom. The summed E-state index contributed by atoms with van der Waals surface area (Å²) in [5.74, 6) is -0.755. The van der Waals surface area contributed by atoms with E-state index in [1.54, 1.807) is 0 Å². The van der Waals surface area contributed by atoms with E-state index in [0.717, 1.165) is 23.1 Å². The van der Waals surface area contributed by atoms with Crippen molar-refractivity contribution in [3.05, 3.63) is 108 Å². The Kier molecular flexibility index (Phi) is 7.24. The predicted molar refractivity (Wildman–Crippen MR) is 124 cm³/mol. The van der Waals surface area contributed by atoms with Crippen molar-refractivity contribution in [3.63, 3.8) is 0 Å². The second-order valence-electron chi connectivity index (χ2n) is 8.01. The van der Waals surface area contributed by atoms with Gasteiger partial charge < -0.3 is 11.1 Å². The average molecular weight is 415 g/mol. The fourth-order valence-electron chi connectivity index (χ4n) is 4.17. The maximum atomic E-state index is 13.4. The first-order valence-electron chi connectivity index (χ1n) is 10.7. The number of nitrogens with one attached hydrogen (secondary N) is 1. The summed E-state index contributed by atoms with van der Waals surface area (Å²) < 4.78 is 0. The highest BCUT2D eigenvalue weighted by atomic mass is 16.2. The summed E-state index contributed by atoms with van der Waals surface area (Å²) in [6, 6.07) is 29.4. The minimum atomic E-state index is -0.703. The molecule has 0 aliphatic heterocycles. The van der Waals surface area contributed by atoms with Crippen molar-refractivity contribution in [1.29, 1.82) is 0 Å². The highest BCUT2D eigenvalue weighted by Gasteiger charge is 2.39. The first-order valence-corrected chi connectivity index (χ1v) is 10.7. The summed E-state index contributed by atoms with van der Waals surface area (Å²) in [4.78, 5) is 25.4. The van der Waals surface area contributed by atoms with Crippen LogP contribution in [-0.4, -0.2) is 17.9 Å². The Morgan fingerprint density at radius 2 is 1.19 bits per heavy atom. The molecule has 0 saturated heterocycles. The zero-order valence-corrected chi connectivity index (χ0v) is 18.1. The molecule has 0 saturated carbocycles. The van der Waals surface area contributed by atoms with E-state index in [4.69, 9.17) is 5.73 Å². The molecule has 0 bridgehead atoms. The molecule has 31 heavy (non-hydrogen) atoms. The monoisotopic (exact) mass is 414 g/mol. The lowest BCUT2D eigenvalue weighted by molar-refractivity contribution is -0.128. The van der Waals surface area contributed by atoms with E-state index in [2.05, 4.69) is 5.32 Å². The van der Waals surface area contributed by atoms with E-state index >= 15 is 0 Å². The van der Waals surface area contributed by atoms with Crippen LogP contribution in [0.2, 0.25) is 0 Å². The average Bonchev–Trinajstić information content (AvgIpc) is 2.82. The van der Waals surface area contributed by atoms with Crippen LogP contribution in [0.4, 0.5) is 0 Å². The lowest BCUT2D eigenvalue weighted by Crippen LogP contribution is -2.50. The number of benzene rings is 3. The molecule has 0 aliphatic rings. The van der Waals surface area contributed by atoms with Gasteiger partial charge in [-0.3, -0.25) is 9.59 Å². The number of hydrogen-bond donors (Lipinski definition) is 2. The molecule has 4 nitrogen and oxygen atoms in total. The molecule has 0 radical (unpaired) electrons. The molecule has 0 aromatic heterocycles. The van der Waals surface area contributed by atoms with Gasteiger partial charge in [-0.2, -0.15) is 0 Å². The van der Waals surface area contributed by atoms with E-state index in [9.17, 15) is 9.59 Å². The van der Waals surface area contributed by atoms with Gasteiger partial charge >= 0.3 is 0 Å². The Bertz CT molecular complexity index is 891. The van der Waals surface area contributed by atoms with Crippen molar-refractivity contribution in [3.8, 4) is 0 Å². The molecule has 0 spiro atoms. The van der Waals surface area contributed by atoms with Crippen molar-refractivity contribution in [2.45, 2.75) is 38.1 Å². The van der Waals surface area contributed by atoms with Crippen molar-refractivity contribution in [2.24, 2.45) is 11.7 Å². The highest BCUT2D eigenvalue weighted by Crippen LogP contribution is 2.42. The molecule has 2 atom stereocenters. The molecular formula is C27H30N2O2. The Hall–Kier alpha value is -3.40. The van der Waals surface area contributed by atoms with Crippen LogP contribution in [0.5, 0.6) is 0 Å². The van der Waals surface area contributed by atoms with Gasteiger partial charge in [0.2, 0.25) is 11.8 Å². The van der Waals surface area contributed by atoms with Gasteiger partial charge in [-0.05, 0) is 22.6 Å². The zero-order valence-electron chi connectivity index (χ0n) is 18.1. The summed E-state index contributed by atoms with van der Waals surface area (Å²) in [6.45, 7) is 3.91. The summed E-state index contributed by atoms with van der Waals surface area (Å²) >= 11 is 0. The number of nitrogens with two attached hydrogens (primary N) is 1. The number of carbonyl (C=O) groups excluding carboxylic acids is 2. The normalized spacial score (nSPS) is 13.2. The van der Waals surface area contributed by atoms with Gasteiger partial charge in [0.15, 0.2) is 0 Å². The second kappa shape index (κ2) is 10.1. The van der Waals surface area contributed by atoms with Gasteiger partial charge in [-0.25, -0.2) is 0 Å². The van der Waals surface area contributed by atoms with Crippen molar-refractivity contribution < 1.29 is 9.59 Å². The lowest BCUT2D eigenvalue weighted by atomic mass is 9.67. The molecule has 160 valence electrons. The van der Waals surface area contributed by atoms with Gasteiger partial charge in [-0.15, -0.1) is 0 Å². The number of amides is 2. The standard InChI is InChI=1S/C27H30N2O2/c1-3-20(2)25(26(28)31)29-24(30)19-27(21-13-7-4-8-14-21,22-15-9-5-10-16-22)23-17-11-6-12-18-23/h4-18,20,25H,3,19H2,1-2H3,(H2,28,31)(H,29,30)/t20-,25+/m1/s1. The molecule has 0 unspecified atom stereocenters. The van der Waals surface area contributed by atoms with Crippen molar-refractivity contribution in [2.75, 3.05) is 0 Å².